The molecule has 0 heteroatoms. The molecule has 2 aliphatic rings. The fourth-order valence-corrected chi connectivity index (χ4v) is 3.08. The first-order chi connectivity index (χ1) is 6.77. The van der Waals surface area contributed by atoms with Crippen LogP contribution in [-0.2, 0) is 0 Å². The summed E-state index contributed by atoms with van der Waals surface area (Å²) in [7, 11) is 0. The molecule has 2 fully saturated rings. The van der Waals surface area contributed by atoms with Crippen molar-refractivity contribution in [3.8, 4) is 0 Å². The summed E-state index contributed by atoms with van der Waals surface area (Å²) in [5, 5.41) is 0. The Morgan fingerprint density at radius 2 is 1.50 bits per heavy atom. The molecule has 2 rings (SSSR count). The Morgan fingerprint density at radius 1 is 1.00 bits per heavy atom. The summed E-state index contributed by atoms with van der Waals surface area (Å²) in [4.78, 5) is 0. The van der Waals surface area contributed by atoms with Crippen LogP contribution >= 0.6 is 0 Å². The van der Waals surface area contributed by atoms with Gasteiger partial charge in [0, 0.05) is 0 Å². The zero-order chi connectivity index (χ0) is 10.6. The molecule has 0 bridgehead atoms. The standard InChI is InChI=1S/C12H22.C2H6/c1-3-12(8-9-12)11-6-4-10(2)5-7-11;1-2/h10-11H,3-9H2,1-2H3;1-2H3. The van der Waals surface area contributed by atoms with Gasteiger partial charge in [0.2, 0.25) is 0 Å². The molecule has 2 saturated carbocycles. The first-order valence-electron chi connectivity index (χ1n) is 6.77. The van der Waals surface area contributed by atoms with Crippen molar-refractivity contribution >= 4 is 0 Å². The molecule has 14 heavy (non-hydrogen) atoms. The highest BCUT2D eigenvalue weighted by Crippen LogP contribution is 2.58. The van der Waals surface area contributed by atoms with Crippen molar-refractivity contribution in [1.82, 2.24) is 0 Å². The predicted molar refractivity (Wildman–Crippen MR) is 64.4 cm³/mol. The third-order valence-electron chi connectivity index (χ3n) is 4.48. The molecule has 0 unspecified atom stereocenters. The number of hydrogen-bond acceptors (Lipinski definition) is 0. The second-order valence-electron chi connectivity index (χ2n) is 5.17. The predicted octanol–water partition coefficient (Wildman–Crippen LogP) is 5.03. The minimum Gasteiger partial charge on any atom is -0.0683 e. The summed E-state index contributed by atoms with van der Waals surface area (Å²) in [5.74, 6) is 2.13. The minimum atomic E-state index is 0.847. The summed E-state index contributed by atoms with van der Waals surface area (Å²) in [6, 6.07) is 0. The van der Waals surface area contributed by atoms with Crippen LogP contribution in [0.1, 0.15) is 72.6 Å². The molecule has 0 aromatic carbocycles. The molecule has 0 atom stereocenters. The maximum absolute atomic E-state index is 2.42. The van der Waals surface area contributed by atoms with Gasteiger partial charge in [-0.15, -0.1) is 0 Å². The normalized spacial score (nSPS) is 34.3. The Bertz CT molecular complexity index is 147. The molecule has 0 saturated heterocycles. The maximum Gasteiger partial charge on any atom is -0.0271 e. The molecule has 0 aliphatic heterocycles. The van der Waals surface area contributed by atoms with Gasteiger partial charge in [0.1, 0.15) is 0 Å². The molecule has 0 aromatic heterocycles. The smallest absolute Gasteiger partial charge is 0.0271 e. The van der Waals surface area contributed by atoms with Gasteiger partial charge >= 0.3 is 0 Å². The number of rotatable bonds is 2. The molecular weight excluding hydrogens is 168 g/mol. The molecule has 0 amide bonds. The third-order valence-corrected chi connectivity index (χ3v) is 4.48. The van der Waals surface area contributed by atoms with E-state index in [1.54, 1.807) is 12.8 Å². The molecule has 0 heterocycles. The van der Waals surface area contributed by atoms with Gasteiger partial charge in [-0.1, -0.05) is 47.0 Å². The van der Waals surface area contributed by atoms with Crippen molar-refractivity contribution < 1.29 is 0 Å². The first kappa shape index (κ1) is 12.1. The average molecular weight is 196 g/mol. The van der Waals surface area contributed by atoms with E-state index < -0.39 is 0 Å². The molecule has 0 spiro atoms. The van der Waals surface area contributed by atoms with Gasteiger partial charge in [-0.05, 0) is 42.9 Å². The quantitative estimate of drug-likeness (QED) is 0.581. The summed E-state index contributed by atoms with van der Waals surface area (Å²) >= 11 is 0. The molecule has 84 valence electrons. The Labute approximate surface area is 90.5 Å². The van der Waals surface area contributed by atoms with Gasteiger partial charge in [-0.25, -0.2) is 0 Å². The van der Waals surface area contributed by atoms with E-state index in [1.165, 1.54) is 32.1 Å². The molecule has 0 aromatic rings. The zero-order valence-corrected chi connectivity index (χ0v) is 10.6. The highest BCUT2D eigenvalue weighted by molar-refractivity contribution is 4.98. The van der Waals surface area contributed by atoms with Gasteiger partial charge < -0.3 is 0 Å². The molecule has 0 radical (unpaired) electrons. The van der Waals surface area contributed by atoms with E-state index in [4.69, 9.17) is 0 Å². The van der Waals surface area contributed by atoms with E-state index in [9.17, 15) is 0 Å². The largest absolute Gasteiger partial charge is 0.0683 e. The second-order valence-corrected chi connectivity index (χ2v) is 5.17. The van der Waals surface area contributed by atoms with Crippen LogP contribution < -0.4 is 0 Å². The van der Waals surface area contributed by atoms with Crippen LogP contribution in [0.4, 0.5) is 0 Å². The van der Waals surface area contributed by atoms with E-state index in [1.807, 2.05) is 13.8 Å². The Balaban J connectivity index is 0.000000461. The monoisotopic (exact) mass is 196 g/mol. The van der Waals surface area contributed by atoms with E-state index in [2.05, 4.69) is 13.8 Å². The summed E-state index contributed by atoms with van der Waals surface area (Å²) in [5.41, 5.74) is 0.847. The van der Waals surface area contributed by atoms with Crippen molar-refractivity contribution in [2.75, 3.05) is 0 Å². The summed E-state index contributed by atoms with van der Waals surface area (Å²) in [6.07, 6.45) is 10.6. The van der Waals surface area contributed by atoms with Crippen LogP contribution in [0.25, 0.3) is 0 Å². The van der Waals surface area contributed by atoms with Gasteiger partial charge in [-0.3, -0.25) is 0 Å². The lowest BCUT2D eigenvalue weighted by molar-refractivity contribution is 0.190. The highest BCUT2D eigenvalue weighted by Gasteiger charge is 2.47. The topological polar surface area (TPSA) is 0 Å². The molecule has 2 aliphatic carbocycles. The van der Waals surface area contributed by atoms with Crippen LogP contribution in [0.15, 0.2) is 0 Å². The molecular formula is C14H28. The molecule has 0 N–H and O–H groups in total. The SMILES string of the molecule is CC.CCC1(C2CCC(C)CC2)CC1. The first-order valence-corrected chi connectivity index (χ1v) is 6.77. The fraction of sp³-hybridized carbons (Fsp3) is 1.00. The van der Waals surface area contributed by atoms with Crippen molar-refractivity contribution in [1.29, 1.82) is 0 Å². The number of hydrogen-bond donors (Lipinski definition) is 0. The lowest BCUT2D eigenvalue weighted by atomic mass is 9.73. The lowest BCUT2D eigenvalue weighted by Crippen LogP contribution is -2.21. The van der Waals surface area contributed by atoms with Gasteiger partial charge in [0.15, 0.2) is 0 Å². The van der Waals surface area contributed by atoms with Crippen LogP contribution in [0.2, 0.25) is 0 Å². The van der Waals surface area contributed by atoms with E-state index in [-0.39, 0.29) is 0 Å². The van der Waals surface area contributed by atoms with Crippen molar-refractivity contribution in [2.24, 2.45) is 17.3 Å². The van der Waals surface area contributed by atoms with E-state index in [0.29, 0.717) is 0 Å². The summed E-state index contributed by atoms with van der Waals surface area (Å²) in [6.45, 7) is 8.81. The molecule has 0 nitrogen and oxygen atoms in total. The second kappa shape index (κ2) is 5.19. The Morgan fingerprint density at radius 3 is 1.86 bits per heavy atom. The highest BCUT2D eigenvalue weighted by atomic mass is 14.5. The van der Waals surface area contributed by atoms with Crippen LogP contribution in [0, 0.1) is 17.3 Å². The zero-order valence-electron chi connectivity index (χ0n) is 10.6. The van der Waals surface area contributed by atoms with Crippen molar-refractivity contribution in [3.63, 3.8) is 0 Å². The third kappa shape index (κ3) is 2.52. The Kier molecular flexibility index (Phi) is 4.47. The lowest BCUT2D eigenvalue weighted by Gasteiger charge is -2.32. The van der Waals surface area contributed by atoms with Crippen molar-refractivity contribution in [2.45, 2.75) is 72.6 Å². The fourth-order valence-electron chi connectivity index (χ4n) is 3.08. The van der Waals surface area contributed by atoms with Crippen LogP contribution in [0.5, 0.6) is 0 Å². The average Bonchev–Trinajstić information content (AvgIpc) is 3.03. The Hall–Kier alpha value is 0. The van der Waals surface area contributed by atoms with Gasteiger partial charge in [0.25, 0.3) is 0 Å². The van der Waals surface area contributed by atoms with Crippen molar-refractivity contribution in [3.05, 3.63) is 0 Å². The maximum atomic E-state index is 2.42. The van der Waals surface area contributed by atoms with E-state index >= 15 is 0 Å². The summed E-state index contributed by atoms with van der Waals surface area (Å²) < 4.78 is 0. The van der Waals surface area contributed by atoms with Crippen LogP contribution in [-0.4, -0.2) is 0 Å². The minimum absolute atomic E-state index is 0.847. The van der Waals surface area contributed by atoms with E-state index in [0.717, 1.165) is 17.3 Å². The van der Waals surface area contributed by atoms with Gasteiger partial charge in [0.05, 0.1) is 0 Å². The van der Waals surface area contributed by atoms with Crippen LogP contribution in [0.3, 0.4) is 0 Å². The van der Waals surface area contributed by atoms with Gasteiger partial charge in [-0.2, -0.15) is 0 Å².